The number of pyridine rings is 1. The molecule has 0 amide bonds. The van der Waals surface area contributed by atoms with Crippen LogP contribution in [-0.2, 0) is 11.2 Å². The van der Waals surface area contributed by atoms with Crippen LogP contribution < -0.4 is 0 Å². The zero-order chi connectivity index (χ0) is 27.6. The van der Waals surface area contributed by atoms with Crippen molar-refractivity contribution in [2.45, 2.75) is 52.3 Å². The first-order chi connectivity index (χ1) is 18.0. The quantitative estimate of drug-likeness (QED) is 0.256. The van der Waals surface area contributed by atoms with E-state index in [9.17, 15) is 13.2 Å². The number of fused-ring (bicyclic) bond motifs is 1. The smallest absolute Gasteiger partial charge is 0.375 e. The normalized spacial score (nSPS) is 18.0. The molecule has 38 heavy (non-hydrogen) atoms. The van der Waals surface area contributed by atoms with E-state index in [1.807, 2.05) is 32.3 Å². The van der Waals surface area contributed by atoms with Crippen LogP contribution in [0.5, 0.6) is 0 Å². The lowest BCUT2D eigenvalue weighted by atomic mass is 10.00. The third kappa shape index (κ3) is 5.96. The summed E-state index contributed by atoms with van der Waals surface area (Å²) in [6.45, 7) is 7.06. The molecule has 0 radical (unpaired) electrons. The fraction of sp³-hybridized carbons (Fsp3) is 0.429. The summed E-state index contributed by atoms with van der Waals surface area (Å²) in [7, 11) is 1.99. The van der Waals surface area contributed by atoms with Crippen molar-refractivity contribution in [2.24, 2.45) is 4.99 Å². The Kier molecular flexibility index (Phi) is 8.32. The first-order valence-electron chi connectivity index (χ1n) is 12.6. The van der Waals surface area contributed by atoms with Crippen molar-refractivity contribution < 1.29 is 26.7 Å². The van der Waals surface area contributed by atoms with Gasteiger partial charge >= 0.3 is 6.18 Å². The van der Waals surface area contributed by atoms with Crippen molar-refractivity contribution in [1.82, 2.24) is 14.3 Å². The van der Waals surface area contributed by atoms with E-state index in [1.54, 1.807) is 18.2 Å². The Balaban J connectivity index is 1.82. The summed E-state index contributed by atoms with van der Waals surface area (Å²) in [5, 5.41) is 0. The summed E-state index contributed by atoms with van der Waals surface area (Å²) in [6.07, 6.45) is -1.55. The Labute approximate surface area is 218 Å². The van der Waals surface area contributed by atoms with E-state index in [0.717, 1.165) is 30.3 Å². The minimum atomic E-state index is -4.67. The van der Waals surface area contributed by atoms with E-state index < -0.39 is 23.5 Å². The van der Waals surface area contributed by atoms with Gasteiger partial charge < -0.3 is 14.0 Å². The fourth-order valence-corrected chi connectivity index (χ4v) is 4.68. The number of aromatic nitrogens is 2. The van der Waals surface area contributed by atoms with Gasteiger partial charge in [-0.05, 0) is 56.6 Å². The molecule has 0 spiro atoms. The molecule has 0 bridgehead atoms. The molecule has 1 unspecified atom stereocenters. The monoisotopic (exact) mass is 534 g/mol. The molecule has 1 saturated heterocycles. The molecule has 1 aliphatic rings. The molecule has 3 aromatic rings. The predicted molar refractivity (Wildman–Crippen MR) is 137 cm³/mol. The average Bonchev–Trinajstić information content (AvgIpc) is 3.17. The Morgan fingerprint density at radius 2 is 1.89 bits per heavy atom. The van der Waals surface area contributed by atoms with Crippen molar-refractivity contribution in [1.29, 1.82) is 0 Å². The Morgan fingerprint density at radius 1 is 1.18 bits per heavy atom. The highest BCUT2D eigenvalue weighted by atomic mass is 19.4. The van der Waals surface area contributed by atoms with Crippen LogP contribution in [0.15, 0.2) is 47.2 Å². The van der Waals surface area contributed by atoms with Crippen LogP contribution in [0.2, 0.25) is 0 Å². The highest BCUT2D eigenvalue weighted by Gasteiger charge is 2.34. The molecule has 3 heterocycles. The molecule has 5 nitrogen and oxygen atoms in total. The third-order valence-corrected chi connectivity index (χ3v) is 6.53. The molecule has 1 fully saturated rings. The van der Waals surface area contributed by atoms with Crippen LogP contribution in [0.1, 0.15) is 43.5 Å². The van der Waals surface area contributed by atoms with Gasteiger partial charge in [0.05, 0.1) is 29.7 Å². The molecule has 204 valence electrons. The fourth-order valence-electron chi connectivity index (χ4n) is 4.68. The van der Waals surface area contributed by atoms with Crippen LogP contribution in [0.4, 0.5) is 22.0 Å². The lowest BCUT2D eigenvalue weighted by Crippen LogP contribution is -2.41. The topological polar surface area (TPSA) is 42.1 Å². The number of imidazole rings is 1. The van der Waals surface area contributed by atoms with Gasteiger partial charge in [0.2, 0.25) is 0 Å². The molecule has 1 aromatic carbocycles. The molecule has 0 saturated carbocycles. The number of alkyl halides is 3. The molecule has 2 aromatic heterocycles. The van der Waals surface area contributed by atoms with Gasteiger partial charge in [-0.15, -0.1) is 0 Å². The summed E-state index contributed by atoms with van der Waals surface area (Å²) < 4.78 is 79.2. The van der Waals surface area contributed by atoms with Gasteiger partial charge in [0.1, 0.15) is 23.0 Å². The van der Waals surface area contributed by atoms with Crippen LogP contribution in [0.3, 0.4) is 0 Å². The number of hydrogen-bond donors (Lipinski definition) is 0. The summed E-state index contributed by atoms with van der Waals surface area (Å²) >= 11 is 0. The maximum absolute atomic E-state index is 15.6. The maximum Gasteiger partial charge on any atom is 0.433 e. The van der Waals surface area contributed by atoms with E-state index in [2.05, 4.69) is 14.9 Å². The Hall–Kier alpha value is -3.11. The van der Waals surface area contributed by atoms with Gasteiger partial charge in [0.15, 0.2) is 0 Å². The van der Waals surface area contributed by atoms with Crippen LogP contribution >= 0.6 is 0 Å². The van der Waals surface area contributed by atoms with Crippen molar-refractivity contribution >= 4 is 11.4 Å². The molecule has 1 aliphatic heterocycles. The van der Waals surface area contributed by atoms with E-state index >= 15 is 8.78 Å². The van der Waals surface area contributed by atoms with E-state index in [1.165, 1.54) is 0 Å². The minimum Gasteiger partial charge on any atom is -0.375 e. The number of allylic oxidation sites excluding steroid dienone is 2. The predicted octanol–water partition coefficient (Wildman–Crippen LogP) is 6.52. The van der Waals surface area contributed by atoms with E-state index in [0.29, 0.717) is 30.9 Å². The number of morpholine rings is 1. The zero-order valence-electron chi connectivity index (χ0n) is 21.9. The molecule has 0 N–H and O–H groups in total. The van der Waals surface area contributed by atoms with Gasteiger partial charge in [0, 0.05) is 37.0 Å². The Morgan fingerprint density at radius 3 is 2.50 bits per heavy atom. The van der Waals surface area contributed by atoms with Crippen molar-refractivity contribution in [3.05, 3.63) is 70.7 Å². The summed E-state index contributed by atoms with van der Waals surface area (Å²) in [5.74, 6) is -1.84. The molecule has 10 heteroatoms. The van der Waals surface area contributed by atoms with Gasteiger partial charge in [0.25, 0.3) is 0 Å². The van der Waals surface area contributed by atoms with Gasteiger partial charge in [-0.3, -0.25) is 0 Å². The number of aryl methyl sites for hydroxylation is 1. The second-order valence-corrected chi connectivity index (χ2v) is 9.52. The number of halogens is 5. The number of nitrogens with zero attached hydrogens (tertiary/aromatic N) is 4. The largest absolute Gasteiger partial charge is 0.433 e. The highest BCUT2D eigenvalue weighted by Crippen LogP contribution is 2.33. The van der Waals surface area contributed by atoms with Crippen LogP contribution in [0, 0.1) is 18.6 Å². The van der Waals surface area contributed by atoms with E-state index in [4.69, 9.17) is 4.74 Å². The lowest BCUT2D eigenvalue weighted by molar-refractivity contribution is -0.0925. The van der Waals surface area contributed by atoms with Crippen molar-refractivity contribution in [3.63, 3.8) is 0 Å². The molecule has 0 aliphatic carbocycles. The van der Waals surface area contributed by atoms with Crippen LogP contribution in [0.25, 0.3) is 16.9 Å². The summed E-state index contributed by atoms with van der Waals surface area (Å²) in [6, 6.07) is 5.78. The maximum atomic E-state index is 15.6. The number of benzene rings is 1. The van der Waals surface area contributed by atoms with E-state index in [-0.39, 0.29) is 41.5 Å². The summed E-state index contributed by atoms with van der Waals surface area (Å²) in [4.78, 5) is 10.4. The van der Waals surface area contributed by atoms with Gasteiger partial charge in [-0.2, -0.15) is 13.2 Å². The SMILES string of the molecule is CC/C=C(\N=C(/CC)c1cc(F)c(-c2nc3cc(C)ccn3c2CC2CN(C)CCO2)c(F)c1)C(F)(F)F. The number of aliphatic imine (C=N–C) groups is 1. The first kappa shape index (κ1) is 27.9. The average molecular weight is 535 g/mol. The lowest BCUT2D eigenvalue weighted by Gasteiger charge is -2.30. The van der Waals surface area contributed by atoms with Crippen molar-refractivity contribution in [2.75, 3.05) is 26.7 Å². The number of likely N-dealkylation sites (N-methyl/N-ethyl adjacent to an activating group) is 1. The molecule has 1 atom stereocenters. The van der Waals surface area contributed by atoms with Crippen LogP contribution in [-0.4, -0.2) is 59.0 Å². The minimum absolute atomic E-state index is 0.0455. The first-order valence-corrected chi connectivity index (χ1v) is 12.6. The molecule has 4 rings (SSSR count). The van der Waals surface area contributed by atoms with Gasteiger partial charge in [-0.25, -0.2) is 18.8 Å². The molecular formula is C28H31F5N4O. The molecular weight excluding hydrogens is 503 g/mol. The second-order valence-electron chi connectivity index (χ2n) is 9.52. The zero-order valence-corrected chi connectivity index (χ0v) is 21.9. The number of hydrogen-bond acceptors (Lipinski definition) is 4. The van der Waals surface area contributed by atoms with Gasteiger partial charge in [-0.1, -0.05) is 19.9 Å². The summed E-state index contributed by atoms with van der Waals surface area (Å²) in [5.41, 5.74) is 0.701. The highest BCUT2D eigenvalue weighted by molar-refractivity contribution is 6.01. The standard InChI is InChI=1S/C28H31F5N4O/c1-5-7-24(28(31,32)33)34-22(6-2)18-13-20(29)26(21(30)14-18)27-23(15-19-16-36(4)10-11-38-19)37-9-8-17(3)12-25(37)35-27/h7-9,12-14,19H,5-6,10-11,15-16H2,1-4H3/b24-7-,34-22+. The number of ether oxygens (including phenoxy) is 1. The number of rotatable bonds is 7. The van der Waals surface area contributed by atoms with Crippen molar-refractivity contribution in [3.8, 4) is 11.3 Å². The third-order valence-electron chi connectivity index (χ3n) is 6.53. The second kappa shape index (κ2) is 11.3. The Bertz CT molecular complexity index is 1350.